The Bertz CT molecular complexity index is 518. The SMILES string of the molecule is COCC(N)C(=O)N1Cc2ccccc2C[C@@H]1C(=O)O. The third kappa shape index (κ3) is 2.81. The molecule has 0 spiro atoms. The Morgan fingerprint density at radius 1 is 1.45 bits per heavy atom. The summed E-state index contributed by atoms with van der Waals surface area (Å²) in [7, 11) is 1.45. The molecule has 20 heavy (non-hydrogen) atoms. The molecule has 6 nitrogen and oxygen atoms in total. The highest BCUT2D eigenvalue weighted by Crippen LogP contribution is 2.24. The fourth-order valence-electron chi connectivity index (χ4n) is 2.44. The monoisotopic (exact) mass is 278 g/mol. The number of carbonyl (C=O) groups is 2. The molecule has 0 aliphatic carbocycles. The molecule has 1 amide bonds. The Labute approximate surface area is 117 Å². The van der Waals surface area contributed by atoms with Crippen LogP contribution < -0.4 is 5.73 Å². The van der Waals surface area contributed by atoms with Crippen LogP contribution in [0.25, 0.3) is 0 Å². The first-order valence-corrected chi connectivity index (χ1v) is 6.39. The lowest BCUT2D eigenvalue weighted by molar-refractivity contribution is -0.152. The first-order chi connectivity index (χ1) is 9.54. The van der Waals surface area contributed by atoms with Gasteiger partial charge >= 0.3 is 5.97 Å². The Morgan fingerprint density at radius 2 is 2.10 bits per heavy atom. The Balaban J connectivity index is 2.26. The molecule has 1 aromatic carbocycles. The van der Waals surface area contributed by atoms with Crippen LogP contribution >= 0.6 is 0 Å². The highest BCUT2D eigenvalue weighted by molar-refractivity contribution is 5.87. The summed E-state index contributed by atoms with van der Waals surface area (Å²) < 4.78 is 4.86. The molecule has 0 bridgehead atoms. The summed E-state index contributed by atoms with van der Waals surface area (Å²) in [6.07, 6.45) is 0.303. The smallest absolute Gasteiger partial charge is 0.326 e. The van der Waals surface area contributed by atoms with Gasteiger partial charge in [0.1, 0.15) is 12.1 Å². The van der Waals surface area contributed by atoms with Gasteiger partial charge in [-0.3, -0.25) is 4.79 Å². The number of fused-ring (bicyclic) bond motifs is 1. The molecule has 1 aliphatic heterocycles. The number of benzene rings is 1. The lowest BCUT2D eigenvalue weighted by atomic mass is 9.93. The van der Waals surface area contributed by atoms with Gasteiger partial charge < -0.3 is 20.5 Å². The first-order valence-electron chi connectivity index (χ1n) is 6.39. The van der Waals surface area contributed by atoms with E-state index in [1.54, 1.807) is 0 Å². The van der Waals surface area contributed by atoms with Crippen LogP contribution in [0.2, 0.25) is 0 Å². The van der Waals surface area contributed by atoms with Gasteiger partial charge in [0.25, 0.3) is 0 Å². The molecule has 0 saturated heterocycles. The van der Waals surface area contributed by atoms with Gasteiger partial charge in [-0.25, -0.2) is 4.79 Å². The molecule has 0 aromatic heterocycles. The molecular formula is C14H18N2O4. The number of hydrogen-bond acceptors (Lipinski definition) is 4. The summed E-state index contributed by atoms with van der Waals surface area (Å²) in [5.74, 6) is -1.41. The van der Waals surface area contributed by atoms with Crippen LogP contribution in [0.1, 0.15) is 11.1 Å². The summed E-state index contributed by atoms with van der Waals surface area (Å²) >= 11 is 0. The number of aliphatic carboxylic acids is 1. The Morgan fingerprint density at radius 3 is 2.70 bits per heavy atom. The van der Waals surface area contributed by atoms with E-state index < -0.39 is 24.0 Å². The average Bonchev–Trinajstić information content (AvgIpc) is 2.45. The minimum Gasteiger partial charge on any atom is -0.480 e. The second-order valence-corrected chi connectivity index (χ2v) is 4.85. The predicted octanol–water partition coefficient (Wildman–Crippen LogP) is -0.00180. The van der Waals surface area contributed by atoms with Crippen LogP contribution in [0, 0.1) is 0 Å². The molecule has 0 radical (unpaired) electrons. The Hall–Kier alpha value is -1.92. The normalized spacial score (nSPS) is 19.3. The van der Waals surface area contributed by atoms with E-state index in [0.29, 0.717) is 6.42 Å². The van der Waals surface area contributed by atoms with Crippen molar-refractivity contribution in [1.29, 1.82) is 0 Å². The van der Waals surface area contributed by atoms with E-state index in [4.69, 9.17) is 10.5 Å². The number of hydrogen-bond donors (Lipinski definition) is 2. The van der Waals surface area contributed by atoms with Crippen molar-refractivity contribution in [2.75, 3.05) is 13.7 Å². The van der Waals surface area contributed by atoms with E-state index >= 15 is 0 Å². The van der Waals surface area contributed by atoms with Gasteiger partial charge in [0, 0.05) is 20.1 Å². The number of methoxy groups -OCH3 is 1. The number of nitrogens with zero attached hydrogens (tertiary/aromatic N) is 1. The van der Waals surface area contributed by atoms with Crippen molar-refractivity contribution < 1.29 is 19.4 Å². The molecule has 3 N–H and O–H groups in total. The first kappa shape index (κ1) is 14.5. The molecule has 1 heterocycles. The van der Waals surface area contributed by atoms with Crippen LogP contribution in [-0.4, -0.2) is 47.7 Å². The van der Waals surface area contributed by atoms with Crippen LogP contribution in [0.5, 0.6) is 0 Å². The molecule has 1 unspecified atom stereocenters. The zero-order chi connectivity index (χ0) is 14.7. The predicted molar refractivity (Wildman–Crippen MR) is 72.0 cm³/mol. The van der Waals surface area contributed by atoms with Crippen molar-refractivity contribution in [3.8, 4) is 0 Å². The number of amides is 1. The standard InChI is InChI=1S/C14H18N2O4/c1-20-8-11(15)13(17)16-7-10-5-3-2-4-9(10)6-12(16)14(18)19/h2-5,11-12H,6-8,15H2,1H3,(H,18,19)/t11?,12-/m1/s1. The third-order valence-electron chi connectivity index (χ3n) is 3.48. The number of ether oxygens (including phenoxy) is 1. The molecular weight excluding hydrogens is 260 g/mol. The Kier molecular flexibility index (Phi) is 4.36. The highest BCUT2D eigenvalue weighted by Gasteiger charge is 2.36. The number of carboxylic acid groups (broad SMARTS) is 1. The quantitative estimate of drug-likeness (QED) is 0.808. The molecule has 0 saturated carbocycles. The molecule has 6 heteroatoms. The molecule has 108 valence electrons. The van der Waals surface area contributed by atoms with E-state index in [1.807, 2.05) is 24.3 Å². The minimum atomic E-state index is -1.02. The summed E-state index contributed by atoms with van der Waals surface area (Å²) in [6, 6.07) is 5.81. The number of carboxylic acids is 1. The van der Waals surface area contributed by atoms with Gasteiger partial charge in [0.2, 0.25) is 5.91 Å². The van der Waals surface area contributed by atoms with Crippen molar-refractivity contribution in [2.24, 2.45) is 5.73 Å². The van der Waals surface area contributed by atoms with Crippen molar-refractivity contribution in [2.45, 2.75) is 25.0 Å². The summed E-state index contributed by atoms with van der Waals surface area (Å²) in [6.45, 7) is 0.340. The maximum absolute atomic E-state index is 12.3. The number of carbonyl (C=O) groups excluding carboxylic acids is 1. The maximum Gasteiger partial charge on any atom is 0.326 e. The molecule has 0 fully saturated rings. The van der Waals surface area contributed by atoms with Gasteiger partial charge in [0.15, 0.2) is 0 Å². The topological polar surface area (TPSA) is 92.9 Å². The molecule has 1 aromatic rings. The number of nitrogens with two attached hydrogens (primary N) is 1. The average molecular weight is 278 g/mol. The minimum absolute atomic E-state index is 0.0727. The lowest BCUT2D eigenvalue weighted by Crippen LogP contribution is -2.54. The molecule has 1 aliphatic rings. The fraction of sp³-hybridized carbons (Fsp3) is 0.429. The fourth-order valence-corrected chi connectivity index (χ4v) is 2.44. The summed E-state index contributed by atoms with van der Waals surface area (Å²) in [5.41, 5.74) is 7.66. The van der Waals surface area contributed by atoms with Gasteiger partial charge in [-0.2, -0.15) is 0 Å². The third-order valence-corrected chi connectivity index (χ3v) is 3.48. The van der Waals surface area contributed by atoms with E-state index in [1.165, 1.54) is 12.0 Å². The largest absolute Gasteiger partial charge is 0.480 e. The van der Waals surface area contributed by atoms with E-state index in [2.05, 4.69) is 0 Å². The van der Waals surface area contributed by atoms with Gasteiger partial charge in [-0.1, -0.05) is 24.3 Å². The second-order valence-electron chi connectivity index (χ2n) is 4.85. The molecule has 2 rings (SSSR count). The van der Waals surface area contributed by atoms with E-state index in [-0.39, 0.29) is 13.2 Å². The summed E-state index contributed by atoms with van der Waals surface area (Å²) in [5, 5.41) is 9.33. The highest BCUT2D eigenvalue weighted by atomic mass is 16.5. The molecule has 2 atom stereocenters. The lowest BCUT2D eigenvalue weighted by Gasteiger charge is -2.35. The summed E-state index contributed by atoms with van der Waals surface area (Å²) in [4.78, 5) is 25.0. The van der Waals surface area contributed by atoms with Gasteiger partial charge in [0.05, 0.1) is 6.61 Å². The van der Waals surface area contributed by atoms with E-state index in [9.17, 15) is 14.7 Å². The van der Waals surface area contributed by atoms with Crippen molar-refractivity contribution in [1.82, 2.24) is 4.90 Å². The zero-order valence-electron chi connectivity index (χ0n) is 11.3. The van der Waals surface area contributed by atoms with E-state index in [0.717, 1.165) is 11.1 Å². The van der Waals surface area contributed by atoms with Crippen molar-refractivity contribution >= 4 is 11.9 Å². The van der Waals surface area contributed by atoms with Crippen molar-refractivity contribution in [3.63, 3.8) is 0 Å². The van der Waals surface area contributed by atoms with Gasteiger partial charge in [-0.15, -0.1) is 0 Å². The van der Waals surface area contributed by atoms with Crippen LogP contribution in [0.4, 0.5) is 0 Å². The number of rotatable bonds is 4. The van der Waals surface area contributed by atoms with Crippen LogP contribution in [-0.2, 0) is 27.3 Å². The zero-order valence-corrected chi connectivity index (χ0v) is 11.3. The van der Waals surface area contributed by atoms with Crippen LogP contribution in [0.15, 0.2) is 24.3 Å². The van der Waals surface area contributed by atoms with Crippen LogP contribution in [0.3, 0.4) is 0 Å². The van der Waals surface area contributed by atoms with Gasteiger partial charge in [-0.05, 0) is 11.1 Å². The second kappa shape index (κ2) is 6.02. The maximum atomic E-state index is 12.3. The van der Waals surface area contributed by atoms with Crippen molar-refractivity contribution in [3.05, 3.63) is 35.4 Å².